The van der Waals surface area contributed by atoms with Crippen LogP contribution in [0.2, 0.25) is 0 Å². The minimum Gasteiger partial charge on any atom is -0.352 e. The number of carbonyl (C=O) groups is 1. The number of amides is 1. The Balaban J connectivity index is 2.33. The quantitative estimate of drug-likeness (QED) is 0.805. The number of rotatable bonds is 6. The fraction of sp³-hybridized carbons (Fsp3) is 0.389. The van der Waals surface area contributed by atoms with Gasteiger partial charge in [-0.1, -0.05) is 20.3 Å². The second kappa shape index (κ2) is 7.72. The third-order valence-corrected chi connectivity index (χ3v) is 3.82. The molecule has 0 aromatic carbocycles. The van der Waals surface area contributed by atoms with Crippen molar-refractivity contribution in [2.45, 2.75) is 40.0 Å². The van der Waals surface area contributed by atoms with E-state index in [1.165, 1.54) is 0 Å². The Kier molecular flexibility index (Phi) is 5.68. The highest BCUT2D eigenvalue weighted by molar-refractivity contribution is 5.95. The van der Waals surface area contributed by atoms with Gasteiger partial charge in [0.15, 0.2) is 0 Å². The fourth-order valence-corrected chi connectivity index (χ4v) is 2.42. The van der Waals surface area contributed by atoms with Gasteiger partial charge in [0.1, 0.15) is 0 Å². The van der Waals surface area contributed by atoms with Crippen LogP contribution in [0.3, 0.4) is 0 Å². The lowest BCUT2D eigenvalue weighted by atomic mass is 10.0. The van der Waals surface area contributed by atoms with Gasteiger partial charge in [-0.15, -0.1) is 0 Å². The lowest BCUT2D eigenvalue weighted by Gasteiger charge is -2.09. The molecule has 0 saturated heterocycles. The first-order chi connectivity index (χ1) is 11.1. The van der Waals surface area contributed by atoms with Gasteiger partial charge < -0.3 is 10.3 Å². The number of hydrogen-bond acceptors (Lipinski definition) is 3. The lowest BCUT2D eigenvalue weighted by molar-refractivity contribution is 0.0953. The second-order valence-corrected chi connectivity index (χ2v) is 5.59. The highest BCUT2D eigenvalue weighted by atomic mass is 16.1. The smallest absolute Gasteiger partial charge is 0.252 e. The van der Waals surface area contributed by atoms with Gasteiger partial charge in [0.05, 0.1) is 5.56 Å². The van der Waals surface area contributed by atoms with Crippen LogP contribution >= 0.6 is 0 Å². The molecular formula is C18H23N3O2. The van der Waals surface area contributed by atoms with Crippen LogP contribution in [0.4, 0.5) is 0 Å². The number of nitrogens with zero attached hydrogens (tertiary/aromatic N) is 1. The molecule has 0 atom stereocenters. The molecule has 0 aliphatic rings. The van der Waals surface area contributed by atoms with Crippen LogP contribution in [-0.2, 0) is 6.42 Å². The minimum absolute atomic E-state index is 0.0600. The number of unbranched alkanes of at least 4 members (excludes halogenated alkanes) is 1. The monoisotopic (exact) mass is 313 g/mol. The molecule has 122 valence electrons. The van der Waals surface area contributed by atoms with Gasteiger partial charge >= 0.3 is 0 Å². The molecule has 2 aromatic heterocycles. The van der Waals surface area contributed by atoms with E-state index >= 15 is 0 Å². The van der Waals surface area contributed by atoms with Crippen LogP contribution in [0, 0.1) is 6.92 Å². The van der Waals surface area contributed by atoms with Crippen LogP contribution in [0.5, 0.6) is 0 Å². The topological polar surface area (TPSA) is 74.8 Å². The van der Waals surface area contributed by atoms with Crippen molar-refractivity contribution < 1.29 is 4.79 Å². The zero-order chi connectivity index (χ0) is 16.8. The Labute approximate surface area is 136 Å². The van der Waals surface area contributed by atoms with Crippen molar-refractivity contribution >= 4 is 5.91 Å². The predicted octanol–water partition coefficient (Wildman–Crippen LogP) is 2.84. The van der Waals surface area contributed by atoms with Crippen molar-refractivity contribution in [2.24, 2.45) is 0 Å². The maximum absolute atomic E-state index is 12.2. The van der Waals surface area contributed by atoms with Crippen LogP contribution < -0.4 is 10.9 Å². The average Bonchev–Trinajstić information content (AvgIpc) is 2.55. The molecule has 0 spiro atoms. The molecule has 0 bridgehead atoms. The zero-order valence-corrected chi connectivity index (χ0v) is 13.9. The van der Waals surface area contributed by atoms with Crippen LogP contribution in [0.1, 0.15) is 48.3 Å². The largest absolute Gasteiger partial charge is 0.352 e. The molecule has 5 heteroatoms. The van der Waals surface area contributed by atoms with Gasteiger partial charge in [0.25, 0.3) is 11.5 Å². The number of aryl methyl sites for hydroxylation is 2. The molecule has 0 fully saturated rings. The summed E-state index contributed by atoms with van der Waals surface area (Å²) in [5, 5.41) is 2.89. The molecule has 2 aromatic rings. The summed E-state index contributed by atoms with van der Waals surface area (Å²) >= 11 is 0. The summed E-state index contributed by atoms with van der Waals surface area (Å²) in [7, 11) is 0. The number of carbonyl (C=O) groups excluding carboxylic acids is 1. The van der Waals surface area contributed by atoms with E-state index < -0.39 is 0 Å². The summed E-state index contributed by atoms with van der Waals surface area (Å²) in [4.78, 5) is 31.0. The van der Waals surface area contributed by atoms with Crippen molar-refractivity contribution in [3.8, 4) is 11.1 Å². The summed E-state index contributed by atoms with van der Waals surface area (Å²) in [6, 6.07) is 3.69. The maximum atomic E-state index is 12.2. The number of hydrogen-bond donors (Lipinski definition) is 2. The molecule has 23 heavy (non-hydrogen) atoms. The number of pyridine rings is 2. The number of aromatic nitrogens is 2. The number of nitrogens with one attached hydrogen (secondary N) is 2. The van der Waals surface area contributed by atoms with Crippen LogP contribution in [-0.4, -0.2) is 22.4 Å². The fourth-order valence-electron chi connectivity index (χ4n) is 2.42. The summed E-state index contributed by atoms with van der Waals surface area (Å²) in [5.41, 5.74) is 3.70. The Morgan fingerprint density at radius 2 is 2.04 bits per heavy atom. The van der Waals surface area contributed by atoms with E-state index in [1.54, 1.807) is 12.4 Å². The molecule has 0 aliphatic carbocycles. The molecule has 2 heterocycles. The molecule has 2 N–H and O–H groups in total. The van der Waals surface area contributed by atoms with Crippen molar-refractivity contribution in [1.82, 2.24) is 15.3 Å². The Morgan fingerprint density at radius 1 is 1.26 bits per heavy atom. The van der Waals surface area contributed by atoms with Gasteiger partial charge in [-0.05, 0) is 31.9 Å². The van der Waals surface area contributed by atoms with Crippen LogP contribution in [0.15, 0.2) is 29.3 Å². The van der Waals surface area contributed by atoms with E-state index in [2.05, 4.69) is 22.2 Å². The Bertz CT molecular complexity index is 750. The Morgan fingerprint density at radius 3 is 2.74 bits per heavy atom. The van der Waals surface area contributed by atoms with Gasteiger partial charge in [-0.2, -0.15) is 0 Å². The van der Waals surface area contributed by atoms with Crippen molar-refractivity contribution in [3.05, 3.63) is 51.7 Å². The summed E-state index contributed by atoms with van der Waals surface area (Å²) in [6.45, 7) is 6.54. The highest BCUT2D eigenvalue weighted by Gasteiger charge is 2.11. The van der Waals surface area contributed by atoms with E-state index in [9.17, 15) is 9.59 Å². The summed E-state index contributed by atoms with van der Waals surface area (Å²) in [6.07, 6.45) is 5.93. The molecule has 0 radical (unpaired) electrons. The van der Waals surface area contributed by atoms with Crippen molar-refractivity contribution in [1.29, 1.82) is 0 Å². The predicted molar refractivity (Wildman–Crippen MR) is 91.6 cm³/mol. The van der Waals surface area contributed by atoms with E-state index in [0.717, 1.165) is 35.2 Å². The molecule has 0 saturated carbocycles. The number of aromatic amines is 1. The molecule has 2 rings (SSSR count). The minimum atomic E-state index is -0.120. The van der Waals surface area contributed by atoms with Gasteiger partial charge in [0.2, 0.25) is 0 Å². The first-order valence-electron chi connectivity index (χ1n) is 8.03. The van der Waals surface area contributed by atoms with Crippen molar-refractivity contribution in [2.75, 3.05) is 6.54 Å². The highest BCUT2D eigenvalue weighted by Crippen LogP contribution is 2.22. The zero-order valence-electron chi connectivity index (χ0n) is 13.9. The molecule has 0 aliphatic heterocycles. The molecule has 0 unspecified atom stereocenters. The third-order valence-electron chi connectivity index (χ3n) is 3.82. The van der Waals surface area contributed by atoms with Crippen LogP contribution in [0.25, 0.3) is 11.1 Å². The molecular weight excluding hydrogens is 290 g/mol. The number of H-pyrrole nitrogens is 1. The van der Waals surface area contributed by atoms with E-state index in [4.69, 9.17) is 0 Å². The standard InChI is InChI=1S/C18H23N3O2/c1-4-6-7-20-17(22)15-8-14(10-19-11-15)16-9-13(5-2)18(23)21-12(16)3/h8-11H,4-7H2,1-3H3,(H,20,22)(H,21,23). The third kappa shape index (κ3) is 4.06. The first-order valence-corrected chi connectivity index (χ1v) is 8.03. The maximum Gasteiger partial charge on any atom is 0.252 e. The van der Waals surface area contributed by atoms with Crippen molar-refractivity contribution in [3.63, 3.8) is 0 Å². The summed E-state index contributed by atoms with van der Waals surface area (Å²) < 4.78 is 0. The SMILES string of the molecule is CCCCNC(=O)c1cncc(-c2cc(CC)c(=O)[nH]c2C)c1. The van der Waals surface area contributed by atoms with E-state index in [-0.39, 0.29) is 11.5 Å². The van der Waals surface area contributed by atoms with E-state index in [0.29, 0.717) is 18.5 Å². The molecule has 1 amide bonds. The van der Waals surface area contributed by atoms with Gasteiger partial charge in [-0.3, -0.25) is 14.6 Å². The average molecular weight is 313 g/mol. The van der Waals surface area contributed by atoms with E-state index in [1.807, 2.05) is 26.0 Å². The molecule has 5 nitrogen and oxygen atoms in total. The second-order valence-electron chi connectivity index (χ2n) is 5.59. The Hall–Kier alpha value is -2.43. The normalized spacial score (nSPS) is 10.6. The van der Waals surface area contributed by atoms with Gasteiger partial charge in [0, 0.05) is 41.3 Å². The first kappa shape index (κ1) is 16.9. The lowest BCUT2D eigenvalue weighted by Crippen LogP contribution is -2.24. The van der Waals surface area contributed by atoms with Gasteiger partial charge in [-0.25, -0.2) is 0 Å². The summed E-state index contributed by atoms with van der Waals surface area (Å²) in [5.74, 6) is -0.120.